The molecule has 0 radical (unpaired) electrons. The van der Waals surface area contributed by atoms with Crippen molar-refractivity contribution < 1.29 is 4.52 Å². The molecule has 2 N–H and O–H groups in total. The Morgan fingerprint density at radius 3 is 2.68 bits per heavy atom. The van der Waals surface area contributed by atoms with E-state index in [4.69, 9.17) is 4.52 Å². The molecule has 0 atom stereocenters. The molecule has 8 nitrogen and oxygen atoms in total. The second-order valence-corrected chi connectivity index (χ2v) is 8.21. The van der Waals surface area contributed by atoms with Gasteiger partial charge in [0, 0.05) is 44.3 Å². The molecule has 152 valence electrons. The second kappa shape index (κ2) is 9.14. The Balaban J connectivity index is 1.42. The Morgan fingerprint density at radius 1 is 1.29 bits per heavy atom. The zero-order chi connectivity index (χ0) is 20.0. The molecule has 0 aliphatic carbocycles. The van der Waals surface area contributed by atoms with Gasteiger partial charge in [0.15, 0.2) is 11.8 Å². The van der Waals surface area contributed by atoms with Crippen LogP contribution in [0.2, 0.25) is 0 Å². The third-order valence-corrected chi connectivity index (χ3v) is 4.79. The summed E-state index contributed by atoms with van der Waals surface area (Å²) in [6.45, 7) is 9.65. The molecule has 1 aliphatic rings. The molecule has 0 spiro atoms. The van der Waals surface area contributed by atoms with Crippen molar-refractivity contribution in [2.75, 3.05) is 20.1 Å². The highest BCUT2D eigenvalue weighted by Crippen LogP contribution is 2.19. The number of aliphatic imine (C=N–C) groups is 1. The summed E-state index contributed by atoms with van der Waals surface area (Å²) < 4.78 is 5.33. The van der Waals surface area contributed by atoms with E-state index in [-0.39, 0.29) is 5.41 Å². The van der Waals surface area contributed by atoms with Crippen molar-refractivity contribution in [2.45, 2.75) is 58.2 Å². The summed E-state index contributed by atoms with van der Waals surface area (Å²) in [7, 11) is 1.78. The third kappa shape index (κ3) is 5.76. The van der Waals surface area contributed by atoms with E-state index in [0.717, 1.165) is 44.1 Å². The number of nitrogens with zero attached hydrogens (tertiary/aromatic N) is 5. The minimum Gasteiger partial charge on any atom is -0.354 e. The van der Waals surface area contributed by atoms with Crippen LogP contribution >= 0.6 is 0 Å². The van der Waals surface area contributed by atoms with Crippen LogP contribution in [0.4, 0.5) is 0 Å². The Morgan fingerprint density at radius 2 is 2.07 bits per heavy atom. The van der Waals surface area contributed by atoms with Gasteiger partial charge in [0.1, 0.15) is 0 Å². The Bertz CT molecular complexity index is 758. The molecule has 3 rings (SSSR count). The first-order valence-electron chi connectivity index (χ1n) is 9.86. The van der Waals surface area contributed by atoms with Gasteiger partial charge in [-0.25, -0.2) is 0 Å². The van der Waals surface area contributed by atoms with Crippen LogP contribution in [0, 0.1) is 0 Å². The van der Waals surface area contributed by atoms with Crippen LogP contribution < -0.4 is 10.6 Å². The molecule has 0 bridgehead atoms. The quantitative estimate of drug-likeness (QED) is 0.601. The largest absolute Gasteiger partial charge is 0.354 e. The average molecular weight is 386 g/mol. The number of rotatable bonds is 5. The van der Waals surface area contributed by atoms with Crippen molar-refractivity contribution >= 4 is 5.96 Å². The molecule has 3 heterocycles. The summed E-state index contributed by atoms with van der Waals surface area (Å²) in [5.41, 5.74) is 0.982. The Labute approximate surface area is 166 Å². The molecule has 0 aromatic carbocycles. The number of guanidine groups is 1. The number of likely N-dealkylation sites (tertiary alicyclic amines) is 1. The fourth-order valence-corrected chi connectivity index (χ4v) is 3.14. The van der Waals surface area contributed by atoms with E-state index >= 15 is 0 Å². The van der Waals surface area contributed by atoms with Gasteiger partial charge in [-0.15, -0.1) is 0 Å². The molecular formula is C20H31N7O. The molecule has 8 heteroatoms. The molecule has 1 fully saturated rings. The molecule has 2 aromatic rings. The van der Waals surface area contributed by atoms with Crippen LogP contribution in [0.15, 0.2) is 33.9 Å². The highest BCUT2D eigenvalue weighted by Gasteiger charge is 2.22. The third-order valence-electron chi connectivity index (χ3n) is 4.79. The monoisotopic (exact) mass is 385 g/mol. The van der Waals surface area contributed by atoms with E-state index in [1.54, 1.807) is 7.05 Å². The number of nitrogens with one attached hydrogen (secondary N) is 2. The lowest BCUT2D eigenvalue weighted by atomic mass is 9.97. The predicted molar refractivity (Wildman–Crippen MR) is 109 cm³/mol. The van der Waals surface area contributed by atoms with Gasteiger partial charge in [-0.1, -0.05) is 32.0 Å². The van der Waals surface area contributed by atoms with Crippen LogP contribution in [0.5, 0.6) is 0 Å². The molecule has 0 amide bonds. The van der Waals surface area contributed by atoms with Crippen molar-refractivity contribution in [3.05, 3.63) is 41.8 Å². The highest BCUT2D eigenvalue weighted by molar-refractivity contribution is 5.79. The van der Waals surface area contributed by atoms with Crippen molar-refractivity contribution in [2.24, 2.45) is 4.99 Å². The summed E-state index contributed by atoms with van der Waals surface area (Å²) in [6, 6.07) is 6.48. The molecule has 1 saturated heterocycles. The minimum atomic E-state index is -0.144. The lowest BCUT2D eigenvalue weighted by Crippen LogP contribution is -2.48. The maximum absolute atomic E-state index is 5.33. The molecular weight excluding hydrogens is 354 g/mol. The highest BCUT2D eigenvalue weighted by atomic mass is 16.5. The Hall–Kier alpha value is -2.48. The number of aromatic nitrogens is 3. The van der Waals surface area contributed by atoms with Gasteiger partial charge in [0.25, 0.3) is 0 Å². The van der Waals surface area contributed by atoms with Crippen LogP contribution in [0.3, 0.4) is 0 Å². The summed E-state index contributed by atoms with van der Waals surface area (Å²) in [4.78, 5) is 15.6. The summed E-state index contributed by atoms with van der Waals surface area (Å²) in [5, 5.41) is 10.8. The van der Waals surface area contributed by atoms with E-state index in [0.29, 0.717) is 24.3 Å². The smallest absolute Gasteiger partial charge is 0.232 e. The van der Waals surface area contributed by atoms with Crippen molar-refractivity contribution in [3.8, 4) is 0 Å². The van der Waals surface area contributed by atoms with Gasteiger partial charge in [-0.2, -0.15) is 4.98 Å². The first-order chi connectivity index (χ1) is 13.4. The maximum Gasteiger partial charge on any atom is 0.232 e. The summed E-state index contributed by atoms with van der Waals surface area (Å²) in [5.74, 6) is 2.05. The molecule has 28 heavy (non-hydrogen) atoms. The minimum absolute atomic E-state index is 0.144. The number of piperidine rings is 1. The normalized spacial score (nSPS) is 16.9. The van der Waals surface area contributed by atoms with Gasteiger partial charge in [0.05, 0.1) is 12.2 Å². The first-order valence-corrected chi connectivity index (χ1v) is 9.86. The fourth-order valence-electron chi connectivity index (χ4n) is 3.14. The van der Waals surface area contributed by atoms with Gasteiger partial charge < -0.3 is 15.2 Å². The van der Waals surface area contributed by atoms with E-state index in [1.807, 2.05) is 18.3 Å². The lowest BCUT2D eigenvalue weighted by Gasteiger charge is -2.32. The first kappa shape index (κ1) is 20.3. The molecule has 0 saturated carbocycles. The predicted octanol–water partition coefficient (Wildman–Crippen LogP) is 2.09. The van der Waals surface area contributed by atoms with Crippen LogP contribution in [-0.2, 0) is 18.5 Å². The number of hydrogen-bond donors (Lipinski definition) is 2. The van der Waals surface area contributed by atoms with Gasteiger partial charge in [-0.3, -0.25) is 14.9 Å². The lowest BCUT2D eigenvalue weighted by molar-refractivity contribution is 0.196. The maximum atomic E-state index is 5.33. The summed E-state index contributed by atoms with van der Waals surface area (Å²) in [6.07, 6.45) is 4.00. The average Bonchev–Trinajstić information content (AvgIpc) is 3.17. The van der Waals surface area contributed by atoms with E-state index in [2.05, 4.69) is 62.5 Å². The zero-order valence-corrected chi connectivity index (χ0v) is 17.3. The fraction of sp³-hybridized carbons (Fsp3) is 0.600. The van der Waals surface area contributed by atoms with Crippen molar-refractivity contribution in [1.29, 1.82) is 0 Å². The van der Waals surface area contributed by atoms with E-state index < -0.39 is 0 Å². The number of hydrogen-bond acceptors (Lipinski definition) is 6. The molecule has 2 aromatic heterocycles. The summed E-state index contributed by atoms with van der Waals surface area (Å²) >= 11 is 0. The number of pyridine rings is 1. The van der Waals surface area contributed by atoms with Gasteiger partial charge in [0.2, 0.25) is 5.89 Å². The zero-order valence-electron chi connectivity index (χ0n) is 17.3. The molecule has 1 aliphatic heterocycles. The van der Waals surface area contributed by atoms with E-state index in [9.17, 15) is 0 Å². The van der Waals surface area contributed by atoms with Gasteiger partial charge in [-0.05, 0) is 25.0 Å². The molecule has 0 unspecified atom stereocenters. The standard InChI is InChI=1S/C20H31N7O/c1-20(2,3)18-25-17(26-28-18)13-23-19(21-4)24-15-8-11-27(12-9-15)14-16-7-5-6-10-22-16/h5-7,10,15H,8-9,11-14H2,1-4H3,(H2,21,23,24). The van der Waals surface area contributed by atoms with Gasteiger partial charge >= 0.3 is 0 Å². The van der Waals surface area contributed by atoms with Crippen molar-refractivity contribution in [1.82, 2.24) is 30.7 Å². The van der Waals surface area contributed by atoms with E-state index in [1.165, 1.54) is 0 Å². The van der Waals surface area contributed by atoms with Crippen LogP contribution in [0.1, 0.15) is 51.0 Å². The Kier molecular flexibility index (Phi) is 6.61. The SMILES string of the molecule is CN=C(NCc1noc(C(C)(C)C)n1)NC1CCN(Cc2ccccn2)CC1. The van der Waals surface area contributed by atoms with Crippen molar-refractivity contribution in [3.63, 3.8) is 0 Å². The van der Waals surface area contributed by atoms with Crippen LogP contribution in [0.25, 0.3) is 0 Å². The second-order valence-electron chi connectivity index (χ2n) is 8.21. The topological polar surface area (TPSA) is 91.5 Å². The van der Waals surface area contributed by atoms with Crippen LogP contribution in [-0.4, -0.2) is 52.2 Å².